The molecule has 0 aromatic carbocycles. The first-order valence-corrected chi connectivity index (χ1v) is 4.27. The molecule has 12 heavy (non-hydrogen) atoms. The van der Waals surface area contributed by atoms with Crippen LogP contribution in [0.15, 0.2) is 0 Å². The van der Waals surface area contributed by atoms with E-state index in [4.69, 9.17) is 4.74 Å². The van der Waals surface area contributed by atoms with E-state index in [2.05, 4.69) is 0 Å². The standard InChI is InChI=1S/C8H14FNO2/c1-8(2)10-5(4-12-8)3-6(9)7(10)11/h5-7,11H,3-4H2,1-2H3. The molecule has 2 fully saturated rings. The van der Waals surface area contributed by atoms with E-state index in [9.17, 15) is 9.50 Å². The average Bonchev–Trinajstić information content (AvgIpc) is 2.39. The highest BCUT2D eigenvalue weighted by molar-refractivity contribution is 4.97. The van der Waals surface area contributed by atoms with Gasteiger partial charge in [0, 0.05) is 12.5 Å². The molecule has 0 bridgehead atoms. The highest BCUT2D eigenvalue weighted by Crippen LogP contribution is 2.38. The Labute approximate surface area is 71.1 Å². The van der Waals surface area contributed by atoms with Crippen LogP contribution in [-0.4, -0.2) is 40.8 Å². The van der Waals surface area contributed by atoms with Gasteiger partial charge < -0.3 is 9.84 Å². The summed E-state index contributed by atoms with van der Waals surface area (Å²) < 4.78 is 18.5. The van der Waals surface area contributed by atoms with Crippen LogP contribution in [0, 0.1) is 0 Å². The molecule has 0 aromatic rings. The summed E-state index contributed by atoms with van der Waals surface area (Å²) in [5, 5.41) is 9.47. The molecule has 2 rings (SSSR count). The van der Waals surface area contributed by atoms with Crippen LogP contribution in [0.5, 0.6) is 0 Å². The summed E-state index contributed by atoms with van der Waals surface area (Å²) in [5.41, 5.74) is -0.509. The lowest BCUT2D eigenvalue weighted by Crippen LogP contribution is -2.47. The molecular weight excluding hydrogens is 161 g/mol. The highest BCUT2D eigenvalue weighted by atomic mass is 19.1. The van der Waals surface area contributed by atoms with Crippen molar-refractivity contribution >= 4 is 0 Å². The summed E-state index contributed by atoms with van der Waals surface area (Å²) in [7, 11) is 0. The molecule has 0 amide bonds. The second-order valence-corrected chi connectivity index (χ2v) is 3.98. The molecule has 3 atom stereocenters. The summed E-state index contributed by atoms with van der Waals surface area (Å²) >= 11 is 0. The number of aliphatic hydroxyl groups excluding tert-OH is 1. The molecule has 2 aliphatic rings. The summed E-state index contributed by atoms with van der Waals surface area (Å²) in [5.74, 6) is 0. The maximum absolute atomic E-state index is 13.0. The number of rotatable bonds is 0. The molecule has 1 N–H and O–H groups in total. The predicted molar refractivity (Wildman–Crippen MR) is 41.2 cm³/mol. The summed E-state index contributed by atoms with van der Waals surface area (Å²) in [6, 6.07) is 0.0602. The Kier molecular flexibility index (Phi) is 1.68. The van der Waals surface area contributed by atoms with Gasteiger partial charge in [-0.2, -0.15) is 0 Å². The van der Waals surface area contributed by atoms with Crippen LogP contribution in [0.1, 0.15) is 20.3 Å². The second-order valence-electron chi connectivity index (χ2n) is 3.98. The fourth-order valence-corrected chi connectivity index (χ4v) is 2.17. The zero-order valence-corrected chi connectivity index (χ0v) is 7.33. The van der Waals surface area contributed by atoms with E-state index < -0.39 is 18.1 Å². The SMILES string of the molecule is CC1(C)OCC2CC(F)C(O)N21. The molecular formula is C8H14FNO2. The Morgan fingerprint density at radius 3 is 2.83 bits per heavy atom. The number of ether oxygens (including phenoxy) is 1. The molecule has 3 unspecified atom stereocenters. The average molecular weight is 175 g/mol. The fraction of sp³-hybridized carbons (Fsp3) is 1.00. The van der Waals surface area contributed by atoms with Gasteiger partial charge in [-0.3, -0.25) is 0 Å². The maximum Gasteiger partial charge on any atom is 0.141 e. The Morgan fingerprint density at radius 1 is 1.58 bits per heavy atom. The molecule has 0 saturated carbocycles. The van der Waals surface area contributed by atoms with Gasteiger partial charge in [0.2, 0.25) is 0 Å². The van der Waals surface area contributed by atoms with Crippen LogP contribution in [0.2, 0.25) is 0 Å². The van der Waals surface area contributed by atoms with Crippen LogP contribution in [0.3, 0.4) is 0 Å². The number of halogens is 1. The van der Waals surface area contributed by atoms with E-state index in [1.54, 1.807) is 4.90 Å². The zero-order valence-electron chi connectivity index (χ0n) is 7.33. The number of hydrogen-bond donors (Lipinski definition) is 1. The van der Waals surface area contributed by atoms with Crippen molar-refractivity contribution in [2.24, 2.45) is 0 Å². The van der Waals surface area contributed by atoms with Gasteiger partial charge in [0.15, 0.2) is 0 Å². The van der Waals surface area contributed by atoms with Gasteiger partial charge >= 0.3 is 0 Å². The molecule has 0 aliphatic carbocycles. The van der Waals surface area contributed by atoms with Gasteiger partial charge in [0.1, 0.15) is 18.1 Å². The van der Waals surface area contributed by atoms with Crippen molar-refractivity contribution in [3.63, 3.8) is 0 Å². The van der Waals surface area contributed by atoms with Crippen LogP contribution in [0.4, 0.5) is 4.39 Å². The monoisotopic (exact) mass is 175 g/mol. The number of nitrogens with zero attached hydrogens (tertiary/aromatic N) is 1. The maximum atomic E-state index is 13.0. The minimum atomic E-state index is -1.11. The van der Waals surface area contributed by atoms with Crippen LogP contribution in [-0.2, 0) is 4.74 Å². The molecule has 2 aliphatic heterocycles. The van der Waals surface area contributed by atoms with Crippen molar-refractivity contribution in [1.29, 1.82) is 0 Å². The highest BCUT2D eigenvalue weighted by Gasteiger charge is 2.52. The molecule has 2 heterocycles. The van der Waals surface area contributed by atoms with E-state index in [1.807, 2.05) is 13.8 Å². The van der Waals surface area contributed by atoms with E-state index in [0.717, 1.165) is 0 Å². The third kappa shape index (κ3) is 0.985. The number of aliphatic hydroxyl groups is 1. The van der Waals surface area contributed by atoms with Crippen LogP contribution < -0.4 is 0 Å². The van der Waals surface area contributed by atoms with E-state index in [-0.39, 0.29) is 6.04 Å². The van der Waals surface area contributed by atoms with E-state index in [1.165, 1.54) is 0 Å². The van der Waals surface area contributed by atoms with Crippen LogP contribution >= 0.6 is 0 Å². The Morgan fingerprint density at radius 2 is 2.25 bits per heavy atom. The van der Waals surface area contributed by atoms with E-state index >= 15 is 0 Å². The van der Waals surface area contributed by atoms with Crippen molar-refractivity contribution < 1.29 is 14.2 Å². The first kappa shape index (κ1) is 8.41. The van der Waals surface area contributed by atoms with Crippen molar-refractivity contribution in [1.82, 2.24) is 4.90 Å². The Balaban J connectivity index is 2.21. The molecule has 0 spiro atoms. The molecule has 4 heteroatoms. The van der Waals surface area contributed by atoms with Crippen molar-refractivity contribution in [2.75, 3.05) is 6.61 Å². The first-order chi connectivity index (χ1) is 5.52. The van der Waals surface area contributed by atoms with Crippen molar-refractivity contribution in [2.45, 2.75) is 44.4 Å². The minimum absolute atomic E-state index is 0.0602. The Hall–Kier alpha value is -0.190. The molecule has 3 nitrogen and oxygen atoms in total. The predicted octanol–water partition coefficient (Wildman–Crippen LogP) is 0.484. The second kappa shape index (κ2) is 2.40. The number of hydrogen-bond acceptors (Lipinski definition) is 3. The largest absolute Gasteiger partial charge is 0.375 e. The van der Waals surface area contributed by atoms with Gasteiger partial charge in [-0.25, -0.2) is 9.29 Å². The summed E-state index contributed by atoms with van der Waals surface area (Å²) in [6.07, 6.45) is -1.70. The van der Waals surface area contributed by atoms with Crippen molar-refractivity contribution in [3.05, 3.63) is 0 Å². The summed E-state index contributed by atoms with van der Waals surface area (Å²) in [6.45, 7) is 4.24. The third-order valence-corrected chi connectivity index (χ3v) is 2.75. The van der Waals surface area contributed by atoms with Gasteiger partial charge in [-0.1, -0.05) is 0 Å². The number of alkyl halides is 1. The minimum Gasteiger partial charge on any atom is -0.375 e. The third-order valence-electron chi connectivity index (χ3n) is 2.75. The molecule has 70 valence electrons. The molecule has 2 saturated heterocycles. The molecule has 0 aromatic heterocycles. The smallest absolute Gasteiger partial charge is 0.141 e. The fourth-order valence-electron chi connectivity index (χ4n) is 2.17. The van der Waals surface area contributed by atoms with Gasteiger partial charge in [0.05, 0.1) is 6.61 Å². The lowest BCUT2D eigenvalue weighted by Gasteiger charge is -2.32. The summed E-state index contributed by atoms with van der Waals surface area (Å²) in [4.78, 5) is 1.72. The van der Waals surface area contributed by atoms with Crippen LogP contribution in [0.25, 0.3) is 0 Å². The normalized spacial score (nSPS) is 46.5. The number of fused-ring (bicyclic) bond motifs is 1. The first-order valence-electron chi connectivity index (χ1n) is 4.27. The van der Waals surface area contributed by atoms with Gasteiger partial charge in [-0.15, -0.1) is 0 Å². The topological polar surface area (TPSA) is 32.7 Å². The lowest BCUT2D eigenvalue weighted by atomic mass is 10.2. The lowest BCUT2D eigenvalue weighted by molar-refractivity contribution is -0.128. The van der Waals surface area contributed by atoms with E-state index in [0.29, 0.717) is 13.0 Å². The van der Waals surface area contributed by atoms with Gasteiger partial charge in [-0.05, 0) is 13.8 Å². The van der Waals surface area contributed by atoms with Crippen molar-refractivity contribution in [3.8, 4) is 0 Å². The Bertz CT molecular complexity index is 195. The van der Waals surface area contributed by atoms with Gasteiger partial charge in [0.25, 0.3) is 0 Å². The zero-order chi connectivity index (χ0) is 8.93. The molecule has 0 radical (unpaired) electrons. The quantitative estimate of drug-likeness (QED) is 0.581.